The molecule has 0 aliphatic rings. The first-order valence-electron chi connectivity index (χ1n) is 9.48. The highest BCUT2D eigenvalue weighted by Gasteiger charge is 2.11. The molecule has 0 saturated carbocycles. The van der Waals surface area contributed by atoms with Gasteiger partial charge in [-0.05, 0) is 29.8 Å². The maximum atomic E-state index is 11.3. The number of thiazole rings is 1. The smallest absolute Gasteiger partial charge is 0.221 e. The number of carbonyl (C=O) groups excluding carboxylic acids is 1. The summed E-state index contributed by atoms with van der Waals surface area (Å²) >= 11 is 1.67. The number of rotatable bonds is 7. The molecule has 0 unspecified atom stereocenters. The highest BCUT2D eigenvalue weighted by atomic mass is 32.1. The van der Waals surface area contributed by atoms with Gasteiger partial charge in [-0.1, -0.05) is 36.4 Å². The van der Waals surface area contributed by atoms with Gasteiger partial charge >= 0.3 is 0 Å². The van der Waals surface area contributed by atoms with Crippen LogP contribution < -0.4 is 5.32 Å². The van der Waals surface area contributed by atoms with Gasteiger partial charge in [0.05, 0.1) is 17.8 Å². The first-order valence-corrected chi connectivity index (χ1v) is 10.4. The van der Waals surface area contributed by atoms with E-state index in [0.29, 0.717) is 0 Å². The van der Waals surface area contributed by atoms with Crippen LogP contribution in [0.2, 0.25) is 0 Å². The SMILES string of the molecule is CC(=O)Nc1ccc2nc(CN(Cc3ccccc3)Cc3nccs3)ccc2c1. The largest absolute Gasteiger partial charge is 0.326 e. The van der Waals surface area contributed by atoms with Crippen LogP contribution in [0.4, 0.5) is 5.69 Å². The molecule has 0 spiro atoms. The van der Waals surface area contributed by atoms with E-state index in [4.69, 9.17) is 4.98 Å². The van der Waals surface area contributed by atoms with E-state index in [1.165, 1.54) is 12.5 Å². The average molecular weight is 403 g/mol. The molecule has 2 aromatic carbocycles. The zero-order valence-electron chi connectivity index (χ0n) is 16.2. The number of hydrogen-bond acceptors (Lipinski definition) is 5. The fourth-order valence-corrected chi connectivity index (χ4v) is 3.96. The number of nitrogens with one attached hydrogen (secondary N) is 1. The standard InChI is InChI=1S/C23H22N4OS/c1-17(28)25-20-9-10-22-19(13-20)7-8-21(26-22)15-27(16-23-24-11-12-29-23)14-18-5-3-2-4-6-18/h2-13H,14-16H2,1H3,(H,25,28). The summed E-state index contributed by atoms with van der Waals surface area (Å²) in [6.07, 6.45) is 1.85. The van der Waals surface area contributed by atoms with E-state index >= 15 is 0 Å². The van der Waals surface area contributed by atoms with Crippen LogP contribution in [-0.2, 0) is 24.4 Å². The van der Waals surface area contributed by atoms with Gasteiger partial charge in [-0.2, -0.15) is 0 Å². The number of nitrogens with zero attached hydrogens (tertiary/aromatic N) is 3. The molecule has 0 atom stereocenters. The van der Waals surface area contributed by atoms with E-state index in [1.807, 2.05) is 35.8 Å². The molecule has 146 valence electrons. The van der Waals surface area contributed by atoms with Crippen molar-refractivity contribution in [2.45, 2.75) is 26.6 Å². The predicted octanol–water partition coefficient (Wildman–Crippen LogP) is 4.85. The van der Waals surface area contributed by atoms with Crippen molar-refractivity contribution >= 4 is 33.8 Å². The predicted molar refractivity (Wildman–Crippen MR) is 118 cm³/mol. The second-order valence-electron chi connectivity index (χ2n) is 6.95. The van der Waals surface area contributed by atoms with E-state index in [9.17, 15) is 4.79 Å². The summed E-state index contributed by atoms with van der Waals surface area (Å²) in [5, 5.41) is 6.93. The lowest BCUT2D eigenvalue weighted by atomic mass is 10.1. The zero-order valence-corrected chi connectivity index (χ0v) is 17.0. The number of aromatic nitrogens is 2. The molecule has 0 aliphatic carbocycles. The second kappa shape index (κ2) is 8.94. The molecule has 2 aromatic heterocycles. The number of anilines is 1. The summed E-state index contributed by atoms with van der Waals surface area (Å²) in [5.74, 6) is -0.0762. The van der Waals surface area contributed by atoms with Gasteiger partial charge in [0, 0.05) is 42.7 Å². The van der Waals surface area contributed by atoms with Gasteiger partial charge in [-0.3, -0.25) is 14.7 Å². The van der Waals surface area contributed by atoms with Gasteiger partial charge < -0.3 is 5.32 Å². The highest BCUT2D eigenvalue weighted by molar-refractivity contribution is 7.09. The van der Waals surface area contributed by atoms with Crippen LogP contribution >= 0.6 is 11.3 Å². The molecule has 0 bridgehead atoms. The molecule has 0 saturated heterocycles. The van der Waals surface area contributed by atoms with Crippen molar-refractivity contribution in [3.63, 3.8) is 0 Å². The third kappa shape index (κ3) is 5.25. The van der Waals surface area contributed by atoms with Gasteiger partial charge in [0.1, 0.15) is 5.01 Å². The van der Waals surface area contributed by atoms with Crippen LogP contribution in [0, 0.1) is 0 Å². The number of hydrogen-bond donors (Lipinski definition) is 1. The van der Waals surface area contributed by atoms with Crippen LogP contribution in [0.15, 0.2) is 72.2 Å². The minimum Gasteiger partial charge on any atom is -0.326 e. The van der Waals surface area contributed by atoms with Crippen molar-refractivity contribution in [2.24, 2.45) is 0 Å². The van der Waals surface area contributed by atoms with Gasteiger partial charge in [0.15, 0.2) is 0 Å². The second-order valence-corrected chi connectivity index (χ2v) is 7.93. The topological polar surface area (TPSA) is 58.1 Å². The van der Waals surface area contributed by atoms with Gasteiger partial charge in [0.25, 0.3) is 0 Å². The molecular formula is C23H22N4OS. The minimum absolute atomic E-state index is 0.0762. The Morgan fingerprint density at radius 3 is 2.66 bits per heavy atom. The monoisotopic (exact) mass is 402 g/mol. The molecule has 2 heterocycles. The zero-order chi connectivity index (χ0) is 20.1. The normalized spacial score (nSPS) is 11.1. The molecule has 4 rings (SSSR count). The number of carbonyl (C=O) groups is 1. The van der Waals surface area contributed by atoms with Crippen molar-refractivity contribution in [1.82, 2.24) is 14.9 Å². The molecule has 4 aromatic rings. The van der Waals surface area contributed by atoms with Crippen LogP contribution in [0.3, 0.4) is 0 Å². The maximum Gasteiger partial charge on any atom is 0.221 e. The molecule has 0 radical (unpaired) electrons. The molecule has 5 nitrogen and oxygen atoms in total. The van der Waals surface area contributed by atoms with Crippen molar-refractivity contribution in [3.8, 4) is 0 Å². The van der Waals surface area contributed by atoms with E-state index in [-0.39, 0.29) is 5.91 Å². The third-order valence-corrected chi connectivity index (χ3v) is 5.31. The molecule has 0 fully saturated rings. The lowest BCUT2D eigenvalue weighted by molar-refractivity contribution is -0.114. The Hall–Kier alpha value is -3.09. The summed E-state index contributed by atoms with van der Waals surface area (Å²) in [4.78, 5) is 22.9. The van der Waals surface area contributed by atoms with Crippen molar-refractivity contribution in [1.29, 1.82) is 0 Å². The number of pyridine rings is 1. The Morgan fingerprint density at radius 1 is 1.03 bits per heavy atom. The summed E-state index contributed by atoms with van der Waals surface area (Å²) in [7, 11) is 0. The fraction of sp³-hybridized carbons (Fsp3) is 0.174. The van der Waals surface area contributed by atoms with Crippen molar-refractivity contribution in [2.75, 3.05) is 5.32 Å². The van der Waals surface area contributed by atoms with E-state index in [2.05, 4.69) is 51.6 Å². The summed E-state index contributed by atoms with van der Waals surface area (Å²) in [6, 6.07) is 20.4. The minimum atomic E-state index is -0.0762. The quantitative estimate of drug-likeness (QED) is 0.480. The molecule has 1 amide bonds. The van der Waals surface area contributed by atoms with E-state index in [0.717, 1.165) is 46.9 Å². The van der Waals surface area contributed by atoms with Crippen LogP contribution in [-0.4, -0.2) is 20.8 Å². The Kier molecular flexibility index (Phi) is 5.93. The Labute approximate surface area is 174 Å². The molecular weight excluding hydrogens is 380 g/mol. The number of fused-ring (bicyclic) bond motifs is 1. The first-order chi connectivity index (χ1) is 14.2. The summed E-state index contributed by atoms with van der Waals surface area (Å²) in [5.41, 5.74) is 3.99. The third-order valence-electron chi connectivity index (χ3n) is 4.54. The Balaban J connectivity index is 1.55. The van der Waals surface area contributed by atoms with E-state index in [1.54, 1.807) is 11.3 Å². The highest BCUT2D eigenvalue weighted by Crippen LogP contribution is 2.20. The van der Waals surface area contributed by atoms with Crippen LogP contribution in [0.25, 0.3) is 10.9 Å². The molecule has 1 N–H and O–H groups in total. The average Bonchev–Trinajstić information content (AvgIpc) is 3.21. The van der Waals surface area contributed by atoms with Gasteiger partial charge in [-0.25, -0.2) is 4.98 Å². The fourth-order valence-electron chi connectivity index (χ4n) is 3.30. The Morgan fingerprint density at radius 2 is 1.90 bits per heavy atom. The lowest BCUT2D eigenvalue weighted by Crippen LogP contribution is -2.23. The summed E-state index contributed by atoms with van der Waals surface area (Å²) in [6.45, 7) is 3.86. The maximum absolute atomic E-state index is 11.3. The van der Waals surface area contributed by atoms with Crippen LogP contribution in [0.1, 0.15) is 23.2 Å². The first kappa shape index (κ1) is 19.2. The molecule has 6 heteroatoms. The van der Waals surface area contributed by atoms with Crippen molar-refractivity contribution < 1.29 is 4.79 Å². The van der Waals surface area contributed by atoms with Crippen LogP contribution in [0.5, 0.6) is 0 Å². The number of amides is 1. The lowest BCUT2D eigenvalue weighted by Gasteiger charge is -2.21. The summed E-state index contributed by atoms with van der Waals surface area (Å²) < 4.78 is 0. The van der Waals surface area contributed by atoms with Crippen molar-refractivity contribution in [3.05, 3.63) is 88.5 Å². The molecule has 29 heavy (non-hydrogen) atoms. The molecule has 0 aliphatic heterocycles. The number of benzene rings is 2. The Bertz CT molecular complexity index is 1100. The van der Waals surface area contributed by atoms with Gasteiger partial charge in [-0.15, -0.1) is 11.3 Å². The van der Waals surface area contributed by atoms with E-state index < -0.39 is 0 Å². The van der Waals surface area contributed by atoms with Gasteiger partial charge in [0.2, 0.25) is 5.91 Å².